The molecule has 0 radical (unpaired) electrons. The highest BCUT2D eigenvalue weighted by Crippen LogP contribution is 2.29. The third kappa shape index (κ3) is 1.81. The molecule has 0 aliphatic heterocycles. The Morgan fingerprint density at radius 1 is 1.13 bits per heavy atom. The number of aromatic nitrogens is 1. The number of rotatable bonds is 2. The van der Waals surface area contributed by atoms with Gasteiger partial charge in [-0.25, -0.2) is 4.39 Å². The van der Waals surface area contributed by atoms with Crippen molar-refractivity contribution in [3.8, 4) is 17.0 Å². The van der Waals surface area contributed by atoms with E-state index in [0.29, 0.717) is 17.0 Å². The summed E-state index contributed by atoms with van der Waals surface area (Å²) in [6, 6.07) is 10.2. The normalized spacial score (nSPS) is 10.0. The molecule has 0 fully saturated rings. The molecule has 1 heterocycles. The first-order chi connectivity index (χ1) is 7.33. The smallest absolute Gasteiger partial charge is 0.149 e. The minimum atomic E-state index is -0.345. The number of benzene rings is 1. The van der Waals surface area contributed by atoms with Crippen LogP contribution in [0.1, 0.15) is 0 Å². The van der Waals surface area contributed by atoms with Gasteiger partial charge in [-0.3, -0.25) is 4.98 Å². The molecular weight excluding hydrogens is 193 g/mol. The lowest BCUT2D eigenvalue weighted by atomic mass is 10.1. The summed E-state index contributed by atoms with van der Waals surface area (Å²) in [7, 11) is 1.56. The highest BCUT2D eigenvalue weighted by Gasteiger charge is 2.09. The zero-order valence-corrected chi connectivity index (χ0v) is 8.27. The fourth-order valence-corrected chi connectivity index (χ4v) is 1.42. The minimum absolute atomic E-state index is 0.315. The highest BCUT2D eigenvalue weighted by atomic mass is 19.1. The molecule has 0 N–H and O–H groups in total. The summed E-state index contributed by atoms with van der Waals surface area (Å²) >= 11 is 0. The van der Waals surface area contributed by atoms with Crippen LogP contribution in [-0.2, 0) is 0 Å². The molecule has 0 amide bonds. The van der Waals surface area contributed by atoms with Crippen LogP contribution in [0.5, 0.6) is 5.75 Å². The molecule has 0 aliphatic carbocycles. The zero-order valence-electron chi connectivity index (χ0n) is 8.27. The molecule has 1 aromatic carbocycles. The van der Waals surface area contributed by atoms with E-state index in [0.717, 1.165) is 0 Å². The summed E-state index contributed by atoms with van der Waals surface area (Å²) in [6.07, 6.45) is 1.56. The van der Waals surface area contributed by atoms with Gasteiger partial charge in [-0.2, -0.15) is 0 Å². The van der Waals surface area contributed by atoms with E-state index in [9.17, 15) is 4.39 Å². The Labute approximate surface area is 87.4 Å². The lowest BCUT2D eigenvalue weighted by molar-refractivity contribution is 0.416. The number of para-hydroxylation sites is 1. The van der Waals surface area contributed by atoms with Crippen molar-refractivity contribution in [3.63, 3.8) is 0 Å². The first-order valence-electron chi connectivity index (χ1n) is 4.57. The van der Waals surface area contributed by atoms with E-state index in [1.165, 1.54) is 6.07 Å². The van der Waals surface area contributed by atoms with Gasteiger partial charge in [0, 0.05) is 11.8 Å². The second-order valence-electron chi connectivity index (χ2n) is 3.03. The monoisotopic (exact) mass is 203 g/mol. The van der Waals surface area contributed by atoms with Gasteiger partial charge >= 0.3 is 0 Å². The zero-order chi connectivity index (χ0) is 10.7. The van der Waals surface area contributed by atoms with Crippen LogP contribution in [0.15, 0.2) is 42.6 Å². The van der Waals surface area contributed by atoms with Crippen LogP contribution >= 0.6 is 0 Å². The van der Waals surface area contributed by atoms with Crippen LogP contribution in [0.4, 0.5) is 4.39 Å². The summed E-state index contributed by atoms with van der Waals surface area (Å²) in [6.45, 7) is 0. The summed E-state index contributed by atoms with van der Waals surface area (Å²) in [4.78, 5) is 4.00. The molecule has 15 heavy (non-hydrogen) atoms. The molecule has 0 saturated heterocycles. The maximum Gasteiger partial charge on any atom is 0.149 e. The van der Waals surface area contributed by atoms with Gasteiger partial charge < -0.3 is 4.74 Å². The van der Waals surface area contributed by atoms with Gasteiger partial charge in [0.25, 0.3) is 0 Å². The largest absolute Gasteiger partial charge is 0.496 e. The molecule has 0 unspecified atom stereocenters. The Balaban J connectivity index is 2.59. The third-order valence-electron chi connectivity index (χ3n) is 2.12. The van der Waals surface area contributed by atoms with Crippen LogP contribution < -0.4 is 4.74 Å². The van der Waals surface area contributed by atoms with Crippen molar-refractivity contribution in [2.45, 2.75) is 0 Å². The molecule has 0 spiro atoms. The van der Waals surface area contributed by atoms with E-state index >= 15 is 0 Å². The van der Waals surface area contributed by atoms with Crippen LogP contribution in [0.25, 0.3) is 11.3 Å². The van der Waals surface area contributed by atoms with Crippen LogP contribution in [0, 0.1) is 5.82 Å². The van der Waals surface area contributed by atoms with Crippen LogP contribution in [0.2, 0.25) is 0 Å². The molecule has 3 heteroatoms. The number of methoxy groups -OCH3 is 1. The van der Waals surface area contributed by atoms with Crippen molar-refractivity contribution in [3.05, 3.63) is 48.4 Å². The van der Waals surface area contributed by atoms with E-state index in [1.54, 1.807) is 31.5 Å². The lowest BCUT2D eigenvalue weighted by Gasteiger charge is -2.07. The van der Waals surface area contributed by atoms with Gasteiger partial charge in [0.2, 0.25) is 0 Å². The van der Waals surface area contributed by atoms with Crippen molar-refractivity contribution in [2.24, 2.45) is 0 Å². The predicted molar refractivity (Wildman–Crippen MR) is 56.2 cm³/mol. The fourth-order valence-electron chi connectivity index (χ4n) is 1.42. The molecule has 0 aliphatic rings. The Kier molecular flexibility index (Phi) is 2.63. The second kappa shape index (κ2) is 4.09. The molecule has 1 aromatic heterocycles. The molecule has 2 nitrogen and oxygen atoms in total. The molecule has 0 bridgehead atoms. The van der Waals surface area contributed by atoms with E-state index < -0.39 is 0 Å². The number of pyridine rings is 1. The van der Waals surface area contributed by atoms with E-state index in [4.69, 9.17) is 4.74 Å². The average molecular weight is 203 g/mol. The Hall–Kier alpha value is -1.90. The number of nitrogens with zero attached hydrogens (tertiary/aromatic N) is 1. The fraction of sp³-hybridized carbons (Fsp3) is 0.0833. The summed E-state index contributed by atoms with van der Waals surface area (Å²) < 4.78 is 18.6. The maximum atomic E-state index is 13.5. The molecule has 2 aromatic rings. The summed E-state index contributed by atoms with van der Waals surface area (Å²) in [5.74, 6) is 0.275. The Bertz CT molecular complexity index is 471. The van der Waals surface area contributed by atoms with Gasteiger partial charge in [-0.1, -0.05) is 12.1 Å². The van der Waals surface area contributed by atoms with Crippen molar-refractivity contribution in [2.75, 3.05) is 7.11 Å². The first kappa shape index (κ1) is 9.65. The van der Waals surface area contributed by atoms with E-state index in [1.807, 2.05) is 12.1 Å². The van der Waals surface area contributed by atoms with Crippen molar-refractivity contribution < 1.29 is 9.13 Å². The highest BCUT2D eigenvalue weighted by molar-refractivity contribution is 5.67. The van der Waals surface area contributed by atoms with E-state index in [2.05, 4.69) is 4.98 Å². The molecule has 0 saturated carbocycles. The van der Waals surface area contributed by atoms with Gasteiger partial charge in [0.15, 0.2) is 0 Å². The Morgan fingerprint density at radius 3 is 2.67 bits per heavy atom. The van der Waals surface area contributed by atoms with Gasteiger partial charge in [-0.15, -0.1) is 0 Å². The molecule has 2 rings (SSSR count). The predicted octanol–water partition coefficient (Wildman–Crippen LogP) is 2.90. The quantitative estimate of drug-likeness (QED) is 0.748. The number of hydrogen-bond acceptors (Lipinski definition) is 2. The standard InChI is InChI=1S/C12H10FNO/c1-15-11-7-3-2-5-9(11)12-10(13)6-4-8-14-12/h2-8H,1H3. The summed E-state index contributed by atoms with van der Waals surface area (Å²) in [5.41, 5.74) is 0.980. The number of hydrogen-bond donors (Lipinski definition) is 0. The average Bonchev–Trinajstić information content (AvgIpc) is 2.30. The van der Waals surface area contributed by atoms with Crippen molar-refractivity contribution in [1.29, 1.82) is 0 Å². The molecule has 0 atom stereocenters. The number of ether oxygens (including phenoxy) is 1. The summed E-state index contributed by atoms with van der Waals surface area (Å²) in [5, 5.41) is 0. The van der Waals surface area contributed by atoms with Gasteiger partial charge in [0.1, 0.15) is 17.3 Å². The topological polar surface area (TPSA) is 22.1 Å². The maximum absolute atomic E-state index is 13.5. The Morgan fingerprint density at radius 2 is 1.93 bits per heavy atom. The second-order valence-corrected chi connectivity index (χ2v) is 3.03. The van der Waals surface area contributed by atoms with Crippen molar-refractivity contribution in [1.82, 2.24) is 4.98 Å². The number of halogens is 1. The SMILES string of the molecule is COc1ccccc1-c1ncccc1F. The first-order valence-corrected chi connectivity index (χ1v) is 4.57. The van der Waals surface area contributed by atoms with Crippen molar-refractivity contribution >= 4 is 0 Å². The van der Waals surface area contributed by atoms with E-state index in [-0.39, 0.29) is 5.82 Å². The minimum Gasteiger partial charge on any atom is -0.496 e. The van der Waals surface area contributed by atoms with Gasteiger partial charge in [-0.05, 0) is 24.3 Å². The van der Waals surface area contributed by atoms with Gasteiger partial charge in [0.05, 0.1) is 7.11 Å². The molecule has 76 valence electrons. The third-order valence-corrected chi connectivity index (χ3v) is 2.12. The molecular formula is C12H10FNO. The van der Waals surface area contributed by atoms with Crippen LogP contribution in [0.3, 0.4) is 0 Å². The lowest BCUT2D eigenvalue weighted by Crippen LogP contribution is -1.92. The van der Waals surface area contributed by atoms with Crippen LogP contribution in [-0.4, -0.2) is 12.1 Å².